The van der Waals surface area contributed by atoms with Crippen LogP contribution >= 0.6 is 0 Å². The van der Waals surface area contributed by atoms with Gasteiger partial charge in [0, 0.05) is 16.8 Å². The van der Waals surface area contributed by atoms with E-state index in [9.17, 15) is 9.59 Å². The predicted molar refractivity (Wildman–Crippen MR) is 17.1 cm³/mol. The summed E-state index contributed by atoms with van der Waals surface area (Å²) in [5.41, 5.74) is 0. The molecule has 8 heavy (non-hydrogen) atoms. The Bertz CT molecular complexity index is 86.6. The van der Waals surface area contributed by atoms with Crippen LogP contribution in [0.3, 0.4) is 0 Å². The molecule has 5 nitrogen and oxygen atoms in total. The third-order valence-electron chi connectivity index (χ3n) is 0.175. The Hall–Kier alpha value is -0.754. The van der Waals surface area contributed by atoms with Crippen LogP contribution in [0.5, 0.6) is 0 Å². The summed E-state index contributed by atoms with van der Waals surface area (Å²) in [6, 6.07) is 0. The van der Waals surface area contributed by atoms with Crippen molar-refractivity contribution in [2.24, 2.45) is 0 Å². The Kier molecular flexibility index (Phi) is 5.66. The minimum absolute atomic E-state index is 0. The summed E-state index contributed by atoms with van der Waals surface area (Å²) in [7, 11) is 0. The van der Waals surface area contributed by atoms with Crippen molar-refractivity contribution in [2.45, 2.75) is 0 Å². The van der Waals surface area contributed by atoms with E-state index < -0.39 is 12.3 Å². The molecule has 0 bridgehead atoms. The van der Waals surface area contributed by atoms with Crippen LogP contribution < -0.4 is 0 Å². The van der Waals surface area contributed by atoms with Crippen LogP contribution in [0.25, 0.3) is 0 Å². The molecule has 0 saturated carbocycles. The SMILES string of the molecule is O=C(O)OC(=O)O.[Co]. The van der Waals surface area contributed by atoms with Crippen molar-refractivity contribution >= 4 is 12.3 Å². The van der Waals surface area contributed by atoms with Crippen molar-refractivity contribution in [3.63, 3.8) is 0 Å². The molecule has 0 aromatic carbocycles. The first-order chi connectivity index (χ1) is 3.13. The van der Waals surface area contributed by atoms with Crippen LogP contribution in [-0.4, -0.2) is 22.5 Å². The van der Waals surface area contributed by atoms with Gasteiger partial charge in [-0.15, -0.1) is 0 Å². The smallest absolute Gasteiger partial charge is 0.449 e. The molecule has 0 saturated heterocycles. The van der Waals surface area contributed by atoms with E-state index in [1.54, 1.807) is 0 Å². The molecule has 0 aromatic rings. The minimum Gasteiger partial charge on any atom is -0.449 e. The summed E-state index contributed by atoms with van der Waals surface area (Å²) in [5, 5.41) is 15.0. The Balaban J connectivity index is 0. The van der Waals surface area contributed by atoms with E-state index in [-0.39, 0.29) is 16.8 Å². The monoisotopic (exact) mass is 165 g/mol. The van der Waals surface area contributed by atoms with E-state index in [0.29, 0.717) is 0 Å². The van der Waals surface area contributed by atoms with Gasteiger partial charge in [0.15, 0.2) is 0 Å². The van der Waals surface area contributed by atoms with Gasteiger partial charge < -0.3 is 14.9 Å². The number of carbonyl (C=O) groups is 2. The van der Waals surface area contributed by atoms with Crippen molar-refractivity contribution in [1.29, 1.82) is 0 Å². The molecule has 0 heterocycles. The van der Waals surface area contributed by atoms with Crippen molar-refractivity contribution in [2.75, 3.05) is 0 Å². The maximum atomic E-state index is 9.21. The zero-order chi connectivity index (χ0) is 5.86. The number of hydrogen-bond donors (Lipinski definition) is 2. The second kappa shape index (κ2) is 4.41. The normalized spacial score (nSPS) is 6.50. The van der Waals surface area contributed by atoms with E-state index in [4.69, 9.17) is 10.2 Å². The van der Waals surface area contributed by atoms with Crippen LogP contribution in [0.2, 0.25) is 0 Å². The van der Waals surface area contributed by atoms with E-state index in [1.165, 1.54) is 0 Å². The third-order valence-corrected chi connectivity index (χ3v) is 0.175. The average Bonchev–Trinajstić information content (AvgIpc) is 1.27. The van der Waals surface area contributed by atoms with Crippen molar-refractivity contribution in [1.82, 2.24) is 0 Å². The van der Waals surface area contributed by atoms with Gasteiger partial charge in [-0.1, -0.05) is 0 Å². The number of carboxylic acid groups (broad SMARTS) is 2. The zero-order valence-corrected chi connectivity index (χ0v) is 4.49. The molecule has 2 N–H and O–H groups in total. The van der Waals surface area contributed by atoms with Crippen LogP contribution in [0.4, 0.5) is 9.59 Å². The molecule has 0 unspecified atom stereocenters. The van der Waals surface area contributed by atoms with Gasteiger partial charge in [-0.3, -0.25) is 0 Å². The second-order valence-corrected chi connectivity index (χ2v) is 0.634. The molecule has 0 amide bonds. The molecule has 0 aliphatic rings. The predicted octanol–water partition coefficient (Wildman–Crippen LogP) is 0.356. The molecule has 49 valence electrons. The van der Waals surface area contributed by atoms with Crippen LogP contribution in [0.15, 0.2) is 0 Å². The van der Waals surface area contributed by atoms with Crippen LogP contribution in [0.1, 0.15) is 0 Å². The van der Waals surface area contributed by atoms with E-state index in [2.05, 4.69) is 4.74 Å². The first kappa shape index (κ1) is 10.3. The number of ether oxygens (including phenoxy) is 1. The molecular formula is C2H2CoO5. The third kappa shape index (κ3) is 8.98. The van der Waals surface area contributed by atoms with Gasteiger partial charge in [-0.2, -0.15) is 0 Å². The Labute approximate surface area is 54.4 Å². The minimum atomic E-state index is -1.81. The molecule has 0 aliphatic heterocycles. The summed E-state index contributed by atoms with van der Waals surface area (Å²) in [4.78, 5) is 18.4. The van der Waals surface area contributed by atoms with Crippen LogP contribution in [-0.2, 0) is 21.5 Å². The summed E-state index contributed by atoms with van der Waals surface area (Å²) < 4.78 is 3.08. The molecule has 0 aromatic heterocycles. The van der Waals surface area contributed by atoms with Crippen molar-refractivity contribution < 1.29 is 41.3 Å². The maximum Gasteiger partial charge on any atom is 0.516 e. The maximum absolute atomic E-state index is 9.21. The standard InChI is InChI=1S/C2H2O5.Co/c3-1(4)7-2(5)6;/h(H,3,4)(H,5,6);. The molecule has 1 radical (unpaired) electrons. The molecule has 0 rings (SSSR count). The fraction of sp³-hybridized carbons (Fsp3) is 0. The number of hydrogen-bond acceptors (Lipinski definition) is 3. The summed E-state index contributed by atoms with van der Waals surface area (Å²) in [5.74, 6) is 0. The van der Waals surface area contributed by atoms with E-state index in [1.807, 2.05) is 0 Å². The van der Waals surface area contributed by atoms with Gasteiger partial charge >= 0.3 is 12.3 Å². The first-order valence-corrected chi connectivity index (χ1v) is 1.26. The van der Waals surface area contributed by atoms with Gasteiger partial charge in [0.25, 0.3) is 0 Å². The summed E-state index contributed by atoms with van der Waals surface area (Å²) in [6.07, 6.45) is -3.62. The van der Waals surface area contributed by atoms with Gasteiger partial charge in [-0.05, 0) is 0 Å². The quantitative estimate of drug-likeness (QED) is 0.399. The second-order valence-electron chi connectivity index (χ2n) is 0.634. The molecular weight excluding hydrogens is 163 g/mol. The molecule has 0 atom stereocenters. The van der Waals surface area contributed by atoms with Crippen molar-refractivity contribution in [3.05, 3.63) is 0 Å². The van der Waals surface area contributed by atoms with Gasteiger partial charge in [0.1, 0.15) is 0 Å². The largest absolute Gasteiger partial charge is 0.516 e. The fourth-order valence-corrected chi connectivity index (χ4v) is 0.0747. The summed E-state index contributed by atoms with van der Waals surface area (Å²) in [6.45, 7) is 0. The first-order valence-electron chi connectivity index (χ1n) is 1.26. The van der Waals surface area contributed by atoms with Crippen molar-refractivity contribution in [3.8, 4) is 0 Å². The topological polar surface area (TPSA) is 83.8 Å². The van der Waals surface area contributed by atoms with Gasteiger partial charge in [-0.25, -0.2) is 9.59 Å². The molecule has 0 fully saturated rings. The van der Waals surface area contributed by atoms with E-state index in [0.717, 1.165) is 0 Å². The van der Waals surface area contributed by atoms with Gasteiger partial charge in [0.05, 0.1) is 0 Å². The molecule has 0 aliphatic carbocycles. The number of rotatable bonds is 0. The fourth-order valence-electron chi connectivity index (χ4n) is 0.0747. The van der Waals surface area contributed by atoms with Gasteiger partial charge in [0.2, 0.25) is 0 Å². The average molecular weight is 165 g/mol. The van der Waals surface area contributed by atoms with E-state index >= 15 is 0 Å². The molecule has 6 heteroatoms. The Morgan fingerprint density at radius 2 is 1.38 bits per heavy atom. The summed E-state index contributed by atoms with van der Waals surface area (Å²) >= 11 is 0. The van der Waals surface area contributed by atoms with Crippen LogP contribution in [0, 0.1) is 0 Å². The zero-order valence-electron chi connectivity index (χ0n) is 3.45. The molecule has 0 spiro atoms. The Morgan fingerprint density at radius 1 is 1.12 bits per heavy atom. The Morgan fingerprint density at radius 3 is 1.38 bits per heavy atom.